The van der Waals surface area contributed by atoms with E-state index in [4.69, 9.17) is 4.42 Å². The van der Waals surface area contributed by atoms with Gasteiger partial charge in [-0.1, -0.05) is 133 Å². The molecule has 0 bridgehead atoms. The number of benzene rings is 7. The van der Waals surface area contributed by atoms with E-state index in [0.29, 0.717) is 0 Å². The van der Waals surface area contributed by atoms with Gasteiger partial charge in [-0.25, -0.2) is 0 Å². The quantitative estimate of drug-likeness (QED) is 0.188. The van der Waals surface area contributed by atoms with Crippen molar-refractivity contribution in [1.29, 1.82) is 0 Å². The molecule has 51 heavy (non-hydrogen) atoms. The lowest BCUT2D eigenvalue weighted by molar-refractivity contribution is 0.299. The van der Waals surface area contributed by atoms with Gasteiger partial charge in [-0.2, -0.15) is 0 Å². The van der Waals surface area contributed by atoms with Crippen LogP contribution in [0.1, 0.15) is 63.8 Å². The summed E-state index contributed by atoms with van der Waals surface area (Å²) in [6, 6.07) is 51.7. The molecule has 2 aliphatic carbocycles. The van der Waals surface area contributed by atoms with Crippen LogP contribution in [0.4, 0.5) is 17.1 Å². The Morgan fingerprint density at radius 3 is 1.82 bits per heavy atom. The molecule has 0 fully saturated rings. The molecule has 0 amide bonds. The van der Waals surface area contributed by atoms with E-state index >= 15 is 0 Å². The van der Waals surface area contributed by atoms with Crippen molar-refractivity contribution in [3.63, 3.8) is 0 Å². The Morgan fingerprint density at radius 2 is 1.00 bits per heavy atom. The Balaban J connectivity index is 1.20. The third kappa shape index (κ3) is 4.05. The van der Waals surface area contributed by atoms with Crippen LogP contribution in [0.2, 0.25) is 0 Å². The Bertz CT molecular complexity index is 2740. The van der Waals surface area contributed by atoms with E-state index in [1.54, 1.807) is 0 Å². The molecule has 2 nitrogen and oxygen atoms in total. The molecule has 2 heteroatoms. The van der Waals surface area contributed by atoms with Gasteiger partial charge in [0.05, 0.1) is 0 Å². The number of hydrogen-bond donors (Lipinski definition) is 0. The van der Waals surface area contributed by atoms with Gasteiger partial charge in [0.25, 0.3) is 0 Å². The van der Waals surface area contributed by atoms with E-state index < -0.39 is 0 Å². The predicted molar refractivity (Wildman–Crippen MR) is 215 cm³/mol. The fraction of sp³-hybridized carbons (Fsp3) is 0.184. The molecule has 0 saturated carbocycles. The molecule has 8 aromatic rings. The molecule has 0 aliphatic heterocycles. The molecule has 1 aromatic heterocycles. The zero-order valence-corrected chi connectivity index (χ0v) is 30.1. The van der Waals surface area contributed by atoms with Crippen LogP contribution in [0.5, 0.6) is 0 Å². The lowest BCUT2D eigenvalue weighted by atomic mass is 9.55. The summed E-state index contributed by atoms with van der Waals surface area (Å²) in [6.45, 7) is 14.3. The van der Waals surface area contributed by atoms with E-state index in [1.165, 1.54) is 55.3 Å². The third-order valence-corrected chi connectivity index (χ3v) is 12.8. The summed E-state index contributed by atoms with van der Waals surface area (Å²) in [7, 11) is 0. The van der Waals surface area contributed by atoms with Crippen LogP contribution >= 0.6 is 0 Å². The number of anilines is 3. The van der Waals surface area contributed by atoms with Crippen LogP contribution in [-0.4, -0.2) is 0 Å². The molecule has 0 spiro atoms. The average molecular weight is 660 g/mol. The van der Waals surface area contributed by atoms with Crippen molar-refractivity contribution in [1.82, 2.24) is 0 Å². The van der Waals surface area contributed by atoms with Gasteiger partial charge in [0.2, 0.25) is 0 Å². The number of nitrogens with zero attached hydrogens (tertiary/aromatic N) is 1. The standard InChI is InChI=1S/C49H41NO/c1-47(2)40-16-10-8-15-39(40)46-34-23-20-31(27-30(34)19-26-42(46)47)50(33-22-25-38-37-14-9-12-18-44(37)51-45(38)29-33)32-21-24-36-35-13-7-11-17-41(35)48(3,4)49(5,6)43(36)28-32/h7-29H,1-6H3. The number of rotatable bonds is 3. The molecule has 0 saturated heterocycles. The van der Waals surface area contributed by atoms with Gasteiger partial charge in [-0.3, -0.25) is 0 Å². The Morgan fingerprint density at radius 1 is 0.412 bits per heavy atom. The fourth-order valence-electron chi connectivity index (χ4n) is 9.32. The Kier molecular flexibility index (Phi) is 6.07. The smallest absolute Gasteiger partial charge is 0.137 e. The minimum absolute atomic E-state index is 0.0326. The minimum atomic E-state index is -0.106. The second-order valence-electron chi connectivity index (χ2n) is 16.2. The van der Waals surface area contributed by atoms with Crippen LogP contribution < -0.4 is 4.90 Å². The van der Waals surface area contributed by atoms with Crippen LogP contribution in [0, 0.1) is 0 Å². The summed E-state index contributed by atoms with van der Waals surface area (Å²) >= 11 is 0. The van der Waals surface area contributed by atoms with Crippen molar-refractivity contribution < 1.29 is 4.42 Å². The first kappa shape index (κ1) is 30.2. The van der Waals surface area contributed by atoms with Crippen molar-refractivity contribution in [2.45, 2.75) is 57.8 Å². The lowest BCUT2D eigenvalue weighted by Crippen LogP contribution is -2.43. The number of hydrogen-bond acceptors (Lipinski definition) is 2. The zero-order valence-electron chi connectivity index (χ0n) is 30.1. The van der Waals surface area contributed by atoms with Crippen molar-refractivity contribution in [2.24, 2.45) is 0 Å². The van der Waals surface area contributed by atoms with Crippen LogP contribution in [0.25, 0.3) is 55.0 Å². The van der Waals surface area contributed by atoms with E-state index in [2.05, 4.69) is 180 Å². The van der Waals surface area contributed by atoms with E-state index in [9.17, 15) is 0 Å². The van der Waals surface area contributed by atoms with Crippen LogP contribution in [-0.2, 0) is 16.2 Å². The molecule has 0 unspecified atom stereocenters. The van der Waals surface area contributed by atoms with Crippen molar-refractivity contribution in [3.05, 3.63) is 162 Å². The molecular weight excluding hydrogens is 619 g/mol. The normalized spacial score (nSPS) is 16.1. The van der Waals surface area contributed by atoms with E-state index in [-0.39, 0.29) is 16.2 Å². The number of para-hydroxylation sites is 1. The van der Waals surface area contributed by atoms with E-state index in [0.717, 1.165) is 39.0 Å². The summed E-state index contributed by atoms with van der Waals surface area (Å²) in [4.78, 5) is 2.42. The highest BCUT2D eigenvalue weighted by atomic mass is 16.3. The van der Waals surface area contributed by atoms with Gasteiger partial charge in [0.15, 0.2) is 0 Å². The highest BCUT2D eigenvalue weighted by molar-refractivity contribution is 6.07. The zero-order chi connectivity index (χ0) is 34.9. The highest BCUT2D eigenvalue weighted by Gasteiger charge is 2.46. The summed E-state index contributed by atoms with van der Waals surface area (Å²) < 4.78 is 6.45. The predicted octanol–water partition coefficient (Wildman–Crippen LogP) is 13.8. The van der Waals surface area contributed by atoms with Gasteiger partial charge in [-0.05, 0) is 109 Å². The molecule has 10 rings (SSSR count). The lowest BCUT2D eigenvalue weighted by Gasteiger charge is -2.48. The third-order valence-electron chi connectivity index (χ3n) is 12.8. The number of fused-ring (bicyclic) bond motifs is 11. The van der Waals surface area contributed by atoms with Gasteiger partial charge < -0.3 is 9.32 Å². The average Bonchev–Trinajstić information content (AvgIpc) is 3.62. The first-order valence-corrected chi connectivity index (χ1v) is 18.2. The topological polar surface area (TPSA) is 16.4 Å². The summed E-state index contributed by atoms with van der Waals surface area (Å²) in [5, 5.41) is 4.81. The Labute approximate surface area is 300 Å². The van der Waals surface area contributed by atoms with Gasteiger partial charge in [0.1, 0.15) is 11.2 Å². The summed E-state index contributed by atoms with van der Waals surface area (Å²) in [5.74, 6) is 0. The highest BCUT2D eigenvalue weighted by Crippen LogP contribution is 2.56. The SMILES string of the molecule is CC1(C)c2ccccc2-c2c1ccc1cc(N(c3ccc4c(c3)C(C)(C)C(C)(C)c3ccccc3-4)c3ccc4c(c3)oc3ccccc34)ccc21. The minimum Gasteiger partial charge on any atom is -0.456 e. The van der Waals surface area contributed by atoms with Crippen molar-refractivity contribution in [2.75, 3.05) is 4.90 Å². The second-order valence-corrected chi connectivity index (χ2v) is 16.2. The van der Waals surface area contributed by atoms with Gasteiger partial charge in [-0.15, -0.1) is 0 Å². The largest absolute Gasteiger partial charge is 0.456 e. The Hall–Kier alpha value is -5.60. The van der Waals surface area contributed by atoms with Crippen LogP contribution in [0.15, 0.2) is 144 Å². The number of furan rings is 1. The van der Waals surface area contributed by atoms with E-state index in [1.807, 2.05) is 6.07 Å². The maximum atomic E-state index is 6.45. The molecular formula is C49H41NO. The molecule has 2 aliphatic rings. The first-order valence-electron chi connectivity index (χ1n) is 18.2. The maximum Gasteiger partial charge on any atom is 0.137 e. The van der Waals surface area contributed by atoms with Crippen molar-refractivity contribution in [3.8, 4) is 22.3 Å². The van der Waals surface area contributed by atoms with Gasteiger partial charge >= 0.3 is 0 Å². The molecule has 1 heterocycles. The molecule has 0 atom stereocenters. The molecule has 0 N–H and O–H groups in total. The molecule has 7 aromatic carbocycles. The second kappa shape index (κ2) is 10.2. The summed E-state index contributed by atoms with van der Waals surface area (Å²) in [6.07, 6.45) is 0. The fourth-order valence-corrected chi connectivity index (χ4v) is 9.32. The molecule has 248 valence electrons. The van der Waals surface area contributed by atoms with Crippen LogP contribution in [0.3, 0.4) is 0 Å². The summed E-state index contributed by atoms with van der Waals surface area (Å²) in [5.41, 5.74) is 15.9. The molecule has 0 radical (unpaired) electrons. The monoisotopic (exact) mass is 659 g/mol. The van der Waals surface area contributed by atoms with Crippen molar-refractivity contribution >= 4 is 49.8 Å². The first-order chi connectivity index (χ1) is 24.6. The van der Waals surface area contributed by atoms with Gasteiger partial charge in [0, 0.05) is 39.3 Å². The maximum absolute atomic E-state index is 6.45.